The maximum absolute atomic E-state index is 9.54. The SMILES string of the molecule is [2H]c1c([2H])c(-c2cccc3c4ccccc4n(-c4ccccc4)c23)c([2H])c2c1Oc1c([2H])c([2H])c([2H])c3c([2H])c([2H])c([2H])c-2c13. The highest BCUT2D eigenvalue weighted by molar-refractivity contribution is 6.14. The normalized spacial score (nSPS) is 15.6. The molecular formula is C34H21NO. The maximum atomic E-state index is 9.54. The van der Waals surface area contributed by atoms with Gasteiger partial charge in [-0.3, -0.25) is 0 Å². The van der Waals surface area contributed by atoms with Crippen molar-refractivity contribution < 1.29 is 17.1 Å². The number of hydrogen-bond donors (Lipinski definition) is 0. The zero-order chi connectivity index (χ0) is 31.5. The lowest BCUT2D eigenvalue weighted by Crippen LogP contribution is -1.98. The van der Waals surface area contributed by atoms with Crippen molar-refractivity contribution in [3.05, 3.63) is 127 Å². The van der Waals surface area contributed by atoms with Gasteiger partial charge in [0.1, 0.15) is 11.5 Å². The van der Waals surface area contributed by atoms with Gasteiger partial charge >= 0.3 is 0 Å². The Balaban J connectivity index is 1.56. The summed E-state index contributed by atoms with van der Waals surface area (Å²) in [5.74, 6) is -0.448. The van der Waals surface area contributed by atoms with E-state index in [0.717, 1.165) is 27.5 Å². The molecule has 0 fully saturated rings. The average molecular weight is 469 g/mol. The lowest BCUT2D eigenvalue weighted by Gasteiger charge is -2.22. The first-order valence-corrected chi connectivity index (χ1v) is 11.6. The summed E-state index contributed by atoms with van der Waals surface area (Å²) < 4.78 is 87.2. The number of hydrogen-bond acceptors (Lipinski definition) is 1. The largest absolute Gasteiger partial charge is 0.456 e. The van der Waals surface area contributed by atoms with Crippen molar-refractivity contribution in [2.75, 3.05) is 0 Å². The van der Waals surface area contributed by atoms with Crippen LogP contribution in [0.25, 0.3) is 60.5 Å². The van der Waals surface area contributed by atoms with Crippen LogP contribution in [0, 0.1) is 0 Å². The van der Waals surface area contributed by atoms with Gasteiger partial charge < -0.3 is 9.30 Å². The number of fused-ring (bicyclic) bond motifs is 5. The van der Waals surface area contributed by atoms with Crippen LogP contribution >= 0.6 is 0 Å². The summed E-state index contributed by atoms with van der Waals surface area (Å²) in [7, 11) is 0. The third kappa shape index (κ3) is 2.67. The summed E-state index contributed by atoms with van der Waals surface area (Å²) in [4.78, 5) is 0. The van der Waals surface area contributed by atoms with Crippen LogP contribution in [-0.4, -0.2) is 4.57 Å². The van der Waals surface area contributed by atoms with Crippen molar-refractivity contribution in [3.63, 3.8) is 0 Å². The van der Waals surface area contributed by atoms with E-state index in [2.05, 4.69) is 4.57 Å². The average Bonchev–Trinajstić information content (AvgIpc) is 3.40. The highest BCUT2D eigenvalue weighted by atomic mass is 16.5. The number of rotatable bonds is 2. The molecular weight excluding hydrogens is 438 g/mol. The molecule has 1 aromatic heterocycles. The quantitative estimate of drug-likeness (QED) is 0.246. The van der Waals surface area contributed by atoms with Gasteiger partial charge in [-0.15, -0.1) is 0 Å². The predicted molar refractivity (Wildman–Crippen MR) is 149 cm³/mol. The van der Waals surface area contributed by atoms with E-state index >= 15 is 0 Å². The van der Waals surface area contributed by atoms with E-state index < -0.39 is 36.3 Å². The van der Waals surface area contributed by atoms with Crippen molar-refractivity contribution in [2.24, 2.45) is 0 Å². The molecule has 0 spiro atoms. The van der Waals surface area contributed by atoms with E-state index in [0.29, 0.717) is 5.56 Å². The van der Waals surface area contributed by atoms with Crippen LogP contribution < -0.4 is 4.74 Å². The summed E-state index contributed by atoms with van der Waals surface area (Å²) in [5.41, 5.74) is 3.12. The lowest BCUT2D eigenvalue weighted by atomic mass is 9.92. The molecule has 0 unspecified atom stereocenters. The highest BCUT2D eigenvalue weighted by Gasteiger charge is 2.22. The maximum Gasteiger partial charge on any atom is 0.135 e. The van der Waals surface area contributed by atoms with Crippen LogP contribution in [0.5, 0.6) is 11.5 Å². The molecule has 36 heavy (non-hydrogen) atoms. The highest BCUT2D eigenvalue weighted by Crippen LogP contribution is 2.48. The molecule has 0 atom stereocenters. The number of benzene rings is 6. The molecule has 8 rings (SSSR count). The smallest absolute Gasteiger partial charge is 0.135 e. The van der Waals surface area contributed by atoms with E-state index in [9.17, 15) is 1.37 Å². The second-order valence-corrected chi connectivity index (χ2v) is 8.65. The van der Waals surface area contributed by atoms with Crippen molar-refractivity contribution in [2.45, 2.75) is 0 Å². The fourth-order valence-electron chi connectivity index (χ4n) is 5.15. The summed E-state index contributed by atoms with van der Waals surface area (Å²) in [6.45, 7) is 0. The second kappa shape index (κ2) is 7.34. The fraction of sp³-hybridized carbons (Fsp3) is 0. The molecule has 0 radical (unpaired) electrons. The van der Waals surface area contributed by atoms with Crippen LogP contribution in [0.4, 0.5) is 0 Å². The Kier molecular flexibility index (Phi) is 2.60. The first kappa shape index (κ1) is 12.8. The van der Waals surface area contributed by atoms with Crippen molar-refractivity contribution in [1.29, 1.82) is 0 Å². The van der Waals surface area contributed by atoms with Crippen molar-refractivity contribution in [3.8, 4) is 39.4 Å². The van der Waals surface area contributed by atoms with E-state index in [1.807, 2.05) is 66.7 Å². The Morgan fingerprint density at radius 1 is 0.611 bits per heavy atom. The molecule has 0 saturated carbocycles. The van der Waals surface area contributed by atoms with E-state index in [4.69, 9.17) is 15.7 Å². The first-order valence-electron chi connectivity index (χ1n) is 16.1. The Morgan fingerprint density at radius 2 is 1.42 bits per heavy atom. The Labute approximate surface area is 221 Å². The van der Waals surface area contributed by atoms with Crippen LogP contribution in [0.2, 0.25) is 0 Å². The molecule has 1 aliphatic rings. The molecule has 7 aromatic rings. The molecule has 0 amide bonds. The predicted octanol–water partition coefficient (Wildman–Crippen LogP) is 9.38. The van der Waals surface area contributed by atoms with E-state index in [-0.39, 0.29) is 57.1 Å². The summed E-state index contributed by atoms with van der Waals surface area (Å²) >= 11 is 0. The van der Waals surface area contributed by atoms with Gasteiger partial charge in [0, 0.05) is 33.0 Å². The molecule has 0 N–H and O–H groups in total. The Hall–Kier alpha value is -4.82. The van der Waals surface area contributed by atoms with Gasteiger partial charge in [0.25, 0.3) is 0 Å². The van der Waals surface area contributed by atoms with Gasteiger partial charge in [-0.05, 0) is 52.8 Å². The van der Waals surface area contributed by atoms with E-state index in [1.165, 1.54) is 0 Å². The molecule has 0 bridgehead atoms. The minimum absolute atomic E-state index is 0.0141. The van der Waals surface area contributed by atoms with Gasteiger partial charge in [0.2, 0.25) is 0 Å². The standard InChI is InChI=1S/C34H21NO/c1-2-11-24(12-3-1)35-30-17-5-4-13-26(30)28-16-8-14-25(34(28)35)23-19-20-31-29(21-23)27-15-6-9-22-10-7-18-32(36-31)33(22)27/h1-21H/i6D,7D,9D,10D,15D,18D,19D,20D,21D. The lowest BCUT2D eigenvalue weighted by molar-refractivity contribution is 0.487. The van der Waals surface area contributed by atoms with Gasteiger partial charge in [0.15, 0.2) is 0 Å². The van der Waals surface area contributed by atoms with Crippen LogP contribution in [0.3, 0.4) is 0 Å². The van der Waals surface area contributed by atoms with Crippen molar-refractivity contribution >= 4 is 32.6 Å². The Bertz CT molecular complexity index is 2440. The van der Waals surface area contributed by atoms with Gasteiger partial charge in [-0.2, -0.15) is 0 Å². The molecule has 2 nitrogen and oxygen atoms in total. The van der Waals surface area contributed by atoms with Crippen LogP contribution in [-0.2, 0) is 0 Å². The summed E-state index contributed by atoms with van der Waals surface area (Å²) in [6.07, 6.45) is 0. The minimum Gasteiger partial charge on any atom is -0.456 e. The number of aromatic nitrogens is 1. The topological polar surface area (TPSA) is 14.2 Å². The monoisotopic (exact) mass is 468 g/mol. The summed E-state index contributed by atoms with van der Waals surface area (Å²) in [5, 5.41) is 1.75. The molecule has 2 heteroatoms. The third-order valence-corrected chi connectivity index (χ3v) is 6.68. The first-order chi connectivity index (χ1) is 21.6. The van der Waals surface area contributed by atoms with Crippen LogP contribution in [0.1, 0.15) is 12.3 Å². The van der Waals surface area contributed by atoms with Crippen molar-refractivity contribution in [1.82, 2.24) is 4.57 Å². The van der Waals surface area contributed by atoms with E-state index in [1.54, 1.807) is 6.07 Å². The Morgan fingerprint density at radius 3 is 2.33 bits per heavy atom. The minimum atomic E-state index is -0.515. The molecule has 6 aromatic carbocycles. The molecule has 0 saturated heterocycles. The number of nitrogens with zero attached hydrogens (tertiary/aromatic N) is 1. The zero-order valence-corrected chi connectivity index (χ0v) is 18.8. The van der Waals surface area contributed by atoms with Crippen LogP contribution in [0.15, 0.2) is 127 Å². The summed E-state index contributed by atoms with van der Waals surface area (Å²) in [6, 6.07) is 19.6. The van der Waals surface area contributed by atoms with Gasteiger partial charge in [-0.1, -0.05) is 90.9 Å². The zero-order valence-electron chi connectivity index (χ0n) is 27.8. The third-order valence-electron chi connectivity index (χ3n) is 6.68. The van der Waals surface area contributed by atoms with Gasteiger partial charge in [0.05, 0.1) is 23.4 Å². The molecule has 2 heterocycles. The van der Waals surface area contributed by atoms with Gasteiger partial charge in [-0.25, -0.2) is 0 Å². The molecule has 1 aliphatic heterocycles. The molecule has 0 aliphatic carbocycles. The number of ether oxygens (including phenoxy) is 1. The second-order valence-electron chi connectivity index (χ2n) is 8.65. The number of para-hydroxylation sites is 3. The molecule has 168 valence electrons. The fourth-order valence-corrected chi connectivity index (χ4v) is 5.15.